The molecular weight excluding hydrogens is 250 g/mol. The lowest BCUT2D eigenvalue weighted by atomic mass is 10.0. The van der Waals surface area contributed by atoms with Gasteiger partial charge < -0.3 is 10.5 Å². The van der Waals surface area contributed by atoms with Crippen molar-refractivity contribution in [2.75, 3.05) is 12.3 Å². The summed E-state index contributed by atoms with van der Waals surface area (Å²) < 4.78 is 7.75. The Morgan fingerprint density at radius 3 is 2.65 bits per heavy atom. The fourth-order valence-corrected chi connectivity index (χ4v) is 2.44. The second kappa shape index (κ2) is 4.85. The Labute approximate surface area is 119 Å². The first-order valence-electron chi connectivity index (χ1n) is 7.08. The quantitative estimate of drug-likeness (QED) is 0.929. The van der Waals surface area contributed by atoms with Crippen LogP contribution < -0.4 is 10.5 Å². The predicted molar refractivity (Wildman–Crippen MR) is 80.7 cm³/mol. The molecule has 0 bridgehead atoms. The Morgan fingerprint density at radius 1 is 1.30 bits per heavy atom. The number of rotatable bonds is 4. The Kier molecular flexibility index (Phi) is 3.16. The minimum Gasteiger partial charge on any atom is -0.492 e. The number of nitrogen functional groups attached to an aromatic ring is 1. The third-order valence-corrected chi connectivity index (χ3v) is 3.77. The number of nitrogens with two attached hydrogens (primary N) is 1. The third-order valence-electron chi connectivity index (χ3n) is 3.77. The van der Waals surface area contributed by atoms with Gasteiger partial charge in [-0.05, 0) is 49.8 Å². The van der Waals surface area contributed by atoms with E-state index >= 15 is 0 Å². The van der Waals surface area contributed by atoms with Gasteiger partial charge in [-0.2, -0.15) is 5.10 Å². The first kappa shape index (κ1) is 13.0. The Hall–Kier alpha value is -1.97. The molecule has 0 atom stereocenters. The SMILES string of the molecule is Cc1cc(C)c(OCC2CC2)c(-c2cc(N)n(C)n2)c1. The maximum Gasteiger partial charge on any atom is 0.131 e. The van der Waals surface area contributed by atoms with Crippen molar-refractivity contribution in [3.63, 3.8) is 0 Å². The third kappa shape index (κ3) is 2.50. The summed E-state index contributed by atoms with van der Waals surface area (Å²) in [6.45, 7) is 4.98. The Balaban J connectivity index is 2.01. The fraction of sp³-hybridized carbons (Fsp3) is 0.438. The van der Waals surface area contributed by atoms with Gasteiger partial charge in [-0.25, -0.2) is 0 Å². The molecule has 3 rings (SSSR count). The summed E-state index contributed by atoms with van der Waals surface area (Å²) in [4.78, 5) is 0. The molecule has 0 radical (unpaired) electrons. The zero-order valence-electron chi connectivity index (χ0n) is 12.3. The van der Waals surface area contributed by atoms with E-state index in [1.165, 1.54) is 18.4 Å². The molecule has 0 spiro atoms. The van der Waals surface area contributed by atoms with Crippen LogP contribution in [-0.4, -0.2) is 16.4 Å². The second-order valence-electron chi connectivity index (χ2n) is 5.79. The zero-order chi connectivity index (χ0) is 14.3. The summed E-state index contributed by atoms with van der Waals surface area (Å²) >= 11 is 0. The van der Waals surface area contributed by atoms with Crippen LogP contribution in [0.5, 0.6) is 5.75 Å². The number of hydrogen-bond donors (Lipinski definition) is 1. The van der Waals surface area contributed by atoms with E-state index in [-0.39, 0.29) is 0 Å². The van der Waals surface area contributed by atoms with Crippen LogP contribution in [0, 0.1) is 19.8 Å². The van der Waals surface area contributed by atoms with Crippen molar-refractivity contribution in [2.24, 2.45) is 13.0 Å². The van der Waals surface area contributed by atoms with Gasteiger partial charge in [-0.15, -0.1) is 0 Å². The fourth-order valence-electron chi connectivity index (χ4n) is 2.44. The molecule has 1 aliphatic rings. The number of benzene rings is 1. The van der Waals surface area contributed by atoms with E-state index in [9.17, 15) is 0 Å². The van der Waals surface area contributed by atoms with Crippen molar-refractivity contribution in [3.05, 3.63) is 29.3 Å². The lowest BCUT2D eigenvalue weighted by Crippen LogP contribution is -2.03. The standard InChI is InChI=1S/C16H21N3O/c1-10-6-11(2)16(20-9-12-4-5-12)13(7-10)14-8-15(17)19(3)18-14/h6-8,12H,4-5,9,17H2,1-3H3. The molecule has 4 heteroatoms. The minimum atomic E-state index is 0.660. The molecule has 1 aromatic heterocycles. The highest BCUT2D eigenvalue weighted by Crippen LogP contribution is 2.36. The van der Waals surface area contributed by atoms with Gasteiger partial charge >= 0.3 is 0 Å². The first-order chi connectivity index (χ1) is 9.54. The summed E-state index contributed by atoms with van der Waals surface area (Å²) in [6.07, 6.45) is 2.58. The zero-order valence-corrected chi connectivity index (χ0v) is 12.3. The number of ether oxygens (including phenoxy) is 1. The van der Waals surface area contributed by atoms with Crippen molar-refractivity contribution in [1.82, 2.24) is 9.78 Å². The molecule has 0 unspecified atom stereocenters. The molecule has 0 amide bonds. The average Bonchev–Trinajstić information content (AvgIpc) is 3.14. The first-order valence-corrected chi connectivity index (χ1v) is 7.08. The highest BCUT2D eigenvalue weighted by atomic mass is 16.5. The summed E-state index contributed by atoms with van der Waals surface area (Å²) in [7, 11) is 1.85. The average molecular weight is 271 g/mol. The van der Waals surface area contributed by atoms with E-state index in [0.29, 0.717) is 5.82 Å². The van der Waals surface area contributed by atoms with Crippen molar-refractivity contribution < 1.29 is 4.74 Å². The maximum atomic E-state index is 6.06. The lowest BCUT2D eigenvalue weighted by molar-refractivity contribution is 0.299. The summed E-state index contributed by atoms with van der Waals surface area (Å²) in [5, 5.41) is 4.48. The molecule has 1 fully saturated rings. The van der Waals surface area contributed by atoms with Crippen LogP contribution in [0.25, 0.3) is 11.3 Å². The molecule has 1 saturated carbocycles. The van der Waals surface area contributed by atoms with E-state index in [2.05, 4.69) is 31.1 Å². The van der Waals surface area contributed by atoms with E-state index in [4.69, 9.17) is 10.5 Å². The summed E-state index contributed by atoms with van der Waals surface area (Å²) in [5.41, 5.74) is 10.2. The van der Waals surface area contributed by atoms with E-state index in [0.717, 1.165) is 35.1 Å². The van der Waals surface area contributed by atoms with Crippen LogP contribution in [0.15, 0.2) is 18.2 Å². The number of anilines is 1. The van der Waals surface area contributed by atoms with Gasteiger partial charge in [0.15, 0.2) is 0 Å². The van der Waals surface area contributed by atoms with Crippen molar-refractivity contribution >= 4 is 5.82 Å². The predicted octanol–water partition coefficient (Wildman–Crippen LogP) is 3.07. The van der Waals surface area contributed by atoms with E-state index in [1.807, 2.05) is 13.1 Å². The van der Waals surface area contributed by atoms with Gasteiger partial charge in [0.1, 0.15) is 11.6 Å². The van der Waals surface area contributed by atoms with E-state index in [1.54, 1.807) is 4.68 Å². The van der Waals surface area contributed by atoms with Gasteiger partial charge in [-0.3, -0.25) is 4.68 Å². The smallest absolute Gasteiger partial charge is 0.131 e. The molecule has 106 valence electrons. The molecule has 2 N–H and O–H groups in total. The number of nitrogens with zero attached hydrogens (tertiary/aromatic N) is 2. The van der Waals surface area contributed by atoms with Gasteiger partial charge in [0.2, 0.25) is 0 Å². The molecule has 20 heavy (non-hydrogen) atoms. The molecule has 2 aromatic rings. The summed E-state index contributed by atoms with van der Waals surface area (Å²) in [6, 6.07) is 6.17. The second-order valence-corrected chi connectivity index (χ2v) is 5.79. The van der Waals surface area contributed by atoms with Gasteiger partial charge in [0.25, 0.3) is 0 Å². The monoisotopic (exact) mass is 271 g/mol. The highest BCUT2D eigenvalue weighted by Gasteiger charge is 2.23. The normalized spacial score (nSPS) is 14.6. The Bertz CT molecular complexity index is 622. The number of hydrogen-bond acceptors (Lipinski definition) is 3. The van der Waals surface area contributed by atoms with Crippen molar-refractivity contribution in [2.45, 2.75) is 26.7 Å². The number of aryl methyl sites for hydroxylation is 3. The van der Waals surface area contributed by atoms with Crippen LogP contribution >= 0.6 is 0 Å². The molecule has 4 nitrogen and oxygen atoms in total. The van der Waals surface area contributed by atoms with Crippen molar-refractivity contribution in [3.8, 4) is 17.0 Å². The molecule has 0 saturated heterocycles. The van der Waals surface area contributed by atoms with Crippen LogP contribution in [-0.2, 0) is 7.05 Å². The maximum absolute atomic E-state index is 6.06. The molecule has 1 aliphatic carbocycles. The lowest BCUT2D eigenvalue weighted by Gasteiger charge is -2.14. The van der Waals surface area contributed by atoms with Crippen LogP contribution in [0.1, 0.15) is 24.0 Å². The number of aromatic nitrogens is 2. The minimum absolute atomic E-state index is 0.660. The summed E-state index contributed by atoms with van der Waals surface area (Å²) in [5.74, 6) is 2.34. The molecule has 1 heterocycles. The largest absolute Gasteiger partial charge is 0.492 e. The Morgan fingerprint density at radius 2 is 2.05 bits per heavy atom. The van der Waals surface area contributed by atoms with Gasteiger partial charge in [0.05, 0.1) is 12.3 Å². The van der Waals surface area contributed by atoms with Crippen molar-refractivity contribution in [1.29, 1.82) is 0 Å². The molecule has 0 aliphatic heterocycles. The topological polar surface area (TPSA) is 53.1 Å². The molecular formula is C16H21N3O. The van der Waals surface area contributed by atoms with E-state index < -0.39 is 0 Å². The van der Waals surface area contributed by atoms with Crippen LogP contribution in [0.4, 0.5) is 5.82 Å². The molecule has 1 aromatic carbocycles. The highest BCUT2D eigenvalue weighted by molar-refractivity contribution is 5.72. The van der Waals surface area contributed by atoms with Crippen LogP contribution in [0.3, 0.4) is 0 Å². The van der Waals surface area contributed by atoms with Gasteiger partial charge in [0, 0.05) is 18.7 Å². The van der Waals surface area contributed by atoms with Crippen LogP contribution in [0.2, 0.25) is 0 Å². The van der Waals surface area contributed by atoms with Gasteiger partial charge in [-0.1, -0.05) is 6.07 Å².